The number of hydrogen-bond acceptors (Lipinski definition) is 6. The number of carbonyl (C=O) groups is 1. The fraction of sp³-hybridized carbons (Fsp3) is 0.462. The summed E-state index contributed by atoms with van der Waals surface area (Å²) >= 11 is 0. The van der Waals surface area contributed by atoms with Gasteiger partial charge in [0.15, 0.2) is 5.65 Å². The van der Waals surface area contributed by atoms with Crippen LogP contribution < -0.4 is 22.1 Å². The first-order chi connectivity index (χ1) is 17.2. The van der Waals surface area contributed by atoms with Gasteiger partial charge in [0.05, 0.1) is 10.9 Å². The van der Waals surface area contributed by atoms with Gasteiger partial charge in [0, 0.05) is 37.9 Å². The summed E-state index contributed by atoms with van der Waals surface area (Å²) in [6, 6.07) is 8.49. The zero-order valence-electron chi connectivity index (χ0n) is 21.1. The molecule has 192 valence electrons. The SMILES string of the molecule is CCn1c(=O)[nH]c(=O)c2c(C(=O)N(C)CCCC3CC(c4ccc(F)cc4)NN3)cc(C(C)C)nc21. The molecule has 10 heteroatoms. The Labute approximate surface area is 208 Å². The van der Waals surface area contributed by atoms with Crippen LogP contribution in [-0.4, -0.2) is 45.0 Å². The van der Waals surface area contributed by atoms with Gasteiger partial charge in [-0.3, -0.25) is 30.0 Å². The highest BCUT2D eigenvalue weighted by Gasteiger charge is 2.26. The highest BCUT2D eigenvalue weighted by molar-refractivity contribution is 6.05. The fourth-order valence-corrected chi connectivity index (χ4v) is 4.66. The number of H-pyrrole nitrogens is 1. The molecule has 1 fully saturated rings. The molecular weight excluding hydrogens is 463 g/mol. The molecule has 0 saturated carbocycles. The number of fused-ring (bicyclic) bond motifs is 1. The van der Waals surface area contributed by atoms with Gasteiger partial charge in [-0.15, -0.1) is 0 Å². The molecule has 4 rings (SSSR count). The highest BCUT2D eigenvalue weighted by atomic mass is 19.1. The third-order valence-corrected chi connectivity index (χ3v) is 6.75. The van der Waals surface area contributed by atoms with E-state index in [-0.39, 0.29) is 46.3 Å². The molecule has 3 N–H and O–H groups in total. The van der Waals surface area contributed by atoms with E-state index >= 15 is 0 Å². The van der Waals surface area contributed by atoms with Crippen molar-refractivity contribution in [1.82, 2.24) is 30.3 Å². The van der Waals surface area contributed by atoms with Crippen LogP contribution in [0.5, 0.6) is 0 Å². The van der Waals surface area contributed by atoms with Gasteiger partial charge in [-0.2, -0.15) is 0 Å². The normalized spacial score (nSPS) is 17.7. The Kier molecular flexibility index (Phi) is 7.65. The average Bonchev–Trinajstić information content (AvgIpc) is 3.32. The molecule has 1 aromatic carbocycles. The molecule has 1 amide bonds. The molecule has 2 aromatic heterocycles. The third kappa shape index (κ3) is 5.24. The Morgan fingerprint density at radius 1 is 1.22 bits per heavy atom. The van der Waals surface area contributed by atoms with E-state index in [1.807, 2.05) is 13.8 Å². The van der Waals surface area contributed by atoms with Crippen LogP contribution in [0.25, 0.3) is 11.0 Å². The van der Waals surface area contributed by atoms with E-state index in [1.165, 1.54) is 16.7 Å². The lowest BCUT2D eigenvalue weighted by Gasteiger charge is -2.20. The largest absolute Gasteiger partial charge is 0.342 e. The molecule has 0 aliphatic carbocycles. The van der Waals surface area contributed by atoms with Crippen LogP contribution in [0.2, 0.25) is 0 Å². The Hall–Kier alpha value is -3.37. The molecule has 1 saturated heterocycles. The summed E-state index contributed by atoms with van der Waals surface area (Å²) in [5.41, 5.74) is 7.59. The van der Waals surface area contributed by atoms with Gasteiger partial charge < -0.3 is 4.90 Å². The van der Waals surface area contributed by atoms with Gasteiger partial charge in [0.1, 0.15) is 5.82 Å². The maximum atomic E-state index is 13.5. The molecule has 1 aliphatic rings. The fourth-order valence-electron chi connectivity index (χ4n) is 4.66. The Morgan fingerprint density at radius 3 is 2.61 bits per heavy atom. The maximum Gasteiger partial charge on any atom is 0.329 e. The van der Waals surface area contributed by atoms with Crippen molar-refractivity contribution >= 4 is 16.9 Å². The number of amides is 1. The van der Waals surface area contributed by atoms with Crippen molar-refractivity contribution in [2.24, 2.45) is 0 Å². The van der Waals surface area contributed by atoms with Crippen LogP contribution in [0.15, 0.2) is 39.9 Å². The molecule has 36 heavy (non-hydrogen) atoms. The van der Waals surface area contributed by atoms with E-state index in [4.69, 9.17) is 0 Å². The van der Waals surface area contributed by atoms with Crippen molar-refractivity contribution in [2.45, 2.75) is 64.6 Å². The monoisotopic (exact) mass is 496 g/mol. The summed E-state index contributed by atoms with van der Waals surface area (Å²) in [5, 5.41) is 0.140. The predicted octanol–water partition coefficient (Wildman–Crippen LogP) is 2.83. The minimum absolute atomic E-state index is 0.0148. The molecule has 0 spiro atoms. The number of pyridine rings is 1. The van der Waals surface area contributed by atoms with E-state index in [1.54, 1.807) is 37.1 Å². The maximum absolute atomic E-state index is 13.5. The zero-order valence-corrected chi connectivity index (χ0v) is 21.1. The van der Waals surface area contributed by atoms with Crippen LogP contribution in [0.3, 0.4) is 0 Å². The predicted molar refractivity (Wildman–Crippen MR) is 136 cm³/mol. The van der Waals surface area contributed by atoms with Crippen molar-refractivity contribution < 1.29 is 9.18 Å². The van der Waals surface area contributed by atoms with E-state index < -0.39 is 11.2 Å². The molecule has 2 unspecified atom stereocenters. The number of rotatable bonds is 8. The van der Waals surface area contributed by atoms with Gasteiger partial charge in [0.2, 0.25) is 0 Å². The van der Waals surface area contributed by atoms with Crippen molar-refractivity contribution in [1.29, 1.82) is 0 Å². The Bertz CT molecular complexity index is 1370. The van der Waals surface area contributed by atoms with Crippen LogP contribution in [0.4, 0.5) is 4.39 Å². The van der Waals surface area contributed by atoms with E-state index in [0.29, 0.717) is 18.8 Å². The number of hydrogen-bond donors (Lipinski definition) is 3. The summed E-state index contributed by atoms with van der Waals surface area (Å²) in [4.78, 5) is 47.0. The van der Waals surface area contributed by atoms with Crippen molar-refractivity contribution in [3.8, 4) is 0 Å². The molecule has 1 aliphatic heterocycles. The number of hydrazine groups is 1. The second-order valence-corrected chi connectivity index (χ2v) is 9.65. The molecule has 3 heterocycles. The summed E-state index contributed by atoms with van der Waals surface area (Å²) in [7, 11) is 1.72. The number of aromatic amines is 1. The second-order valence-electron chi connectivity index (χ2n) is 9.65. The lowest BCUT2D eigenvalue weighted by atomic mass is 9.99. The molecule has 0 bridgehead atoms. The second kappa shape index (κ2) is 10.7. The van der Waals surface area contributed by atoms with E-state index in [0.717, 1.165) is 24.8 Å². The van der Waals surface area contributed by atoms with Crippen LogP contribution in [0, 0.1) is 5.82 Å². The number of nitrogens with one attached hydrogen (secondary N) is 3. The summed E-state index contributed by atoms with van der Waals surface area (Å²) in [5.74, 6) is -0.518. The number of aromatic nitrogens is 3. The van der Waals surface area contributed by atoms with Gasteiger partial charge in [0.25, 0.3) is 11.5 Å². The Morgan fingerprint density at radius 2 is 1.94 bits per heavy atom. The molecule has 2 atom stereocenters. The van der Waals surface area contributed by atoms with Gasteiger partial charge in [-0.25, -0.2) is 14.2 Å². The first kappa shape index (κ1) is 25.7. The van der Waals surface area contributed by atoms with Crippen LogP contribution in [0.1, 0.15) is 73.6 Å². The first-order valence-electron chi connectivity index (χ1n) is 12.4. The zero-order chi connectivity index (χ0) is 26.0. The van der Waals surface area contributed by atoms with Crippen molar-refractivity contribution in [2.75, 3.05) is 13.6 Å². The minimum atomic E-state index is -0.604. The lowest BCUT2D eigenvalue weighted by molar-refractivity contribution is 0.0793. The summed E-state index contributed by atoms with van der Waals surface area (Å²) in [6.07, 6.45) is 2.46. The van der Waals surface area contributed by atoms with Crippen molar-refractivity contribution in [3.63, 3.8) is 0 Å². The number of aryl methyl sites for hydroxylation is 1. The summed E-state index contributed by atoms with van der Waals surface area (Å²) in [6.45, 7) is 6.53. The number of nitrogens with zero attached hydrogens (tertiary/aromatic N) is 3. The lowest BCUT2D eigenvalue weighted by Crippen LogP contribution is -2.35. The van der Waals surface area contributed by atoms with Gasteiger partial charge in [-0.1, -0.05) is 26.0 Å². The van der Waals surface area contributed by atoms with Crippen molar-refractivity contribution in [3.05, 3.63) is 73.8 Å². The molecule has 3 aromatic rings. The highest BCUT2D eigenvalue weighted by Crippen LogP contribution is 2.25. The van der Waals surface area contributed by atoms with E-state index in [2.05, 4.69) is 20.8 Å². The van der Waals surface area contributed by atoms with Gasteiger partial charge in [-0.05, 0) is 55.9 Å². The number of halogens is 1. The topological polar surface area (TPSA) is 112 Å². The van der Waals surface area contributed by atoms with Crippen LogP contribution >= 0.6 is 0 Å². The smallest absolute Gasteiger partial charge is 0.329 e. The molecular formula is C26H33FN6O3. The standard InChI is InChI=1S/C26H33FN6O3/c1-5-33-23-22(24(34)29-26(33)36)19(14-20(28-23)15(2)3)25(35)32(4)12-6-7-18-13-21(31-30-18)16-8-10-17(27)11-9-16/h8-11,14-15,18,21,30-31H,5-7,12-13H2,1-4H3,(H,29,34,36). The average molecular weight is 497 g/mol. The molecule has 0 radical (unpaired) electrons. The number of benzene rings is 1. The van der Waals surface area contributed by atoms with E-state index in [9.17, 15) is 18.8 Å². The quantitative estimate of drug-likeness (QED) is 0.442. The third-order valence-electron chi connectivity index (χ3n) is 6.75. The number of carbonyl (C=O) groups excluding carboxylic acids is 1. The molecule has 9 nitrogen and oxygen atoms in total. The minimum Gasteiger partial charge on any atom is -0.342 e. The first-order valence-corrected chi connectivity index (χ1v) is 12.4. The summed E-state index contributed by atoms with van der Waals surface area (Å²) < 4.78 is 14.6. The van der Waals surface area contributed by atoms with Crippen LogP contribution in [-0.2, 0) is 6.54 Å². The Balaban J connectivity index is 1.47. The van der Waals surface area contributed by atoms with Gasteiger partial charge >= 0.3 is 5.69 Å².